The third kappa shape index (κ3) is 4.04. The highest BCUT2D eigenvalue weighted by Crippen LogP contribution is 2.41. The van der Waals surface area contributed by atoms with Crippen molar-refractivity contribution in [3.05, 3.63) is 144 Å². The number of halogens is 1. The molecular weight excluding hydrogens is 527 g/mol. The maximum atomic E-state index is 14.4. The number of allylic oxidation sites excluding steroid dienone is 1. The van der Waals surface area contributed by atoms with Crippen molar-refractivity contribution >= 4 is 29.1 Å². The van der Waals surface area contributed by atoms with Crippen LogP contribution < -0.4 is 14.9 Å². The molecule has 6 nitrogen and oxygen atoms in total. The lowest BCUT2D eigenvalue weighted by atomic mass is 9.83. The maximum Gasteiger partial charge on any atom is 0.335 e. The highest BCUT2D eigenvalue weighted by atomic mass is 32.1. The first-order valence-electron chi connectivity index (χ1n) is 12.8. The molecule has 2 aromatic heterocycles. The van der Waals surface area contributed by atoms with Crippen molar-refractivity contribution in [3.8, 4) is 11.3 Å². The summed E-state index contributed by atoms with van der Waals surface area (Å²) in [6, 6.07) is 24.1. The lowest BCUT2D eigenvalue weighted by Gasteiger charge is -2.30. The van der Waals surface area contributed by atoms with Crippen molar-refractivity contribution in [2.75, 3.05) is 0 Å². The van der Waals surface area contributed by atoms with Crippen LogP contribution in [0.3, 0.4) is 0 Å². The van der Waals surface area contributed by atoms with E-state index in [0.717, 1.165) is 29.7 Å². The molecule has 196 valence electrons. The van der Waals surface area contributed by atoms with Gasteiger partial charge < -0.3 is 9.52 Å². The highest BCUT2D eigenvalue weighted by Gasteiger charge is 2.32. The fourth-order valence-electron chi connectivity index (χ4n) is 5.52. The van der Waals surface area contributed by atoms with Crippen molar-refractivity contribution in [1.82, 2.24) is 4.57 Å². The number of carbonyl (C=O) groups is 1. The van der Waals surface area contributed by atoms with Crippen LogP contribution in [-0.2, 0) is 6.42 Å². The molecule has 0 spiro atoms. The van der Waals surface area contributed by atoms with Crippen LogP contribution in [0.4, 0.5) is 4.39 Å². The molecule has 0 unspecified atom stereocenters. The van der Waals surface area contributed by atoms with Crippen molar-refractivity contribution in [1.29, 1.82) is 0 Å². The summed E-state index contributed by atoms with van der Waals surface area (Å²) in [5, 5.41) is 9.31. The monoisotopic (exact) mass is 548 g/mol. The second-order valence-electron chi connectivity index (χ2n) is 9.76. The normalized spacial score (nSPS) is 16.2. The Balaban J connectivity index is 1.38. The SMILES string of the molecule is O=C(O)c1cccc(-c2ccc(/C=c3\sc4n(c3=O)[C@H](c3cccc(F)c3)C3=C(N=4)c4ccccc4CC3)o2)c1. The number of aromatic carboxylic acids is 1. The number of carboxylic acid groups (broad SMARTS) is 1. The molecule has 2 aliphatic rings. The number of fused-ring (bicyclic) bond motifs is 3. The Morgan fingerprint density at radius 1 is 1.02 bits per heavy atom. The topological polar surface area (TPSA) is 84.8 Å². The highest BCUT2D eigenvalue weighted by molar-refractivity contribution is 7.07. The summed E-state index contributed by atoms with van der Waals surface area (Å²) in [7, 11) is 0. The van der Waals surface area contributed by atoms with E-state index in [0.29, 0.717) is 32.0 Å². The molecule has 0 fully saturated rings. The number of carboxylic acids is 1. The van der Waals surface area contributed by atoms with E-state index in [-0.39, 0.29) is 16.9 Å². The molecule has 7 rings (SSSR count). The lowest BCUT2D eigenvalue weighted by Crippen LogP contribution is -2.38. The van der Waals surface area contributed by atoms with Crippen LogP contribution >= 0.6 is 11.3 Å². The summed E-state index contributed by atoms with van der Waals surface area (Å²) >= 11 is 1.26. The van der Waals surface area contributed by atoms with E-state index in [9.17, 15) is 19.1 Å². The van der Waals surface area contributed by atoms with Crippen LogP contribution in [0, 0.1) is 5.82 Å². The van der Waals surface area contributed by atoms with E-state index in [4.69, 9.17) is 9.41 Å². The predicted molar refractivity (Wildman–Crippen MR) is 150 cm³/mol. The van der Waals surface area contributed by atoms with Gasteiger partial charge >= 0.3 is 5.97 Å². The molecule has 40 heavy (non-hydrogen) atoms. The largest absolute Gasteiger partial charge is 0.478 e. The maximum absolute atomic E-state index is 14.4. The van der Waals surface area contributed by atoms with Crippen LogP contribution in [0.15, 0.2) is 105 Å². The van der Waals surface area contributed by atoms with E-state index in [1.54, 1.807) is 47.0 Å². The number of thiazole rings is 1. The number of hydrogen-bond acceptors (Lipinski definition) is 5. The second kappa shape index (κ2) is 9.43. The minimum absolute atomic E-state index is 0.159. The zero-order valence-electron chi connectivity index (χ0n) is 21.0. The van der Waals surface area contributed by atoms with Crippen molar-refractivity contribution < 1.29 is 18.7 Å². The molecule has 3 aromatic carbocycles. The Hall–Kier alpha value is -4.82. The van der Waals surface area contributed by atoms with Gasteiger partial charge in [-0.3, -0.25) is 9.36 Å². The zero-order valence-corrected chi connectivity index (χ0v) is 21.8. The molecule has 8 heteroatoms. The van der Waals surface area contributed by atoms with E-state index < -0.39 is 12.0 Å². The third-order valence-corrected chi connectivity index (χ3v) is 8.31. The smallest absolute Gasteiger partial charge is 0.335 e. The Morgan fingerprint density at radius 2 is 1.88 bits per heavy atom. The van der Waals surface area contributed by atoms with Crippen molar-refractivity contribution in [2.45, 2.75) is 18.9 Å². The van der Waals surface area contributed by atoms with Gasteiger partial charge in [0, 0.05) is 17.2 Å². The van der Waals surface area contributed by atoms with Gasteiger partial charge in [-0.05, 0) is 65.9 Å². The Morgan fingerprint density at radius 3 is 2.73 bits per heavy atom. The third-order valence-electron chi connectivity index (χ3n) is 7.33. The van der Waals surface area contributed by atoms with Gasteiger partial charge in [0.1, 0.15) is 17.3 Å². The number of aryl methyl sites for hydroxylation is 1. The molecule has 1 atom stereocenters. The van der Waals surface area contributed by atoms with Gasteiger partial charge in [-0.15, -0.1) is 0 Å². The fraction of sp³-hybridized carbons (Fsp3) is 0.0938. The van der Waals surface area contributed by atoms with Gasteiger partial charge in [0.15, 0.2) is 4.80 Å². The molecule has 3 heterocycles. The minimum atomic E-state index is -1.02. The van der Waals surface area contributed by atoms with Gasteiger partial charge in [-0.2, -0.15) is 0 Å². The van der Waals surface area contributed by atoms with Gasteiger partial charge in [0.2, 0.25) is 0 Å². The fourth-order valence-corrected chi connectivity index (χ4v) is 6.50. The molecule has 0 radical (unpaired) electrons. The lowest BCUT2D eigenvalue weighted by molar-refractivity contribution is 0.0697. The van der Waals surface area contributed by atoms with Crippen LogP contribution in [0.5, 0.6) is 0 Å². The zero-order chi connectivity index (χ0) is 27.4. The predicted octanol–water partition coefficient (Wildman–Crippen LogP) is 5.42. The Kier molecular flexibility index (Phi) is 5.71. The number of hydrogen-bond donors (Lipinski definition) is 1. The Bertz CT molecular complexity index is 2050. The standard InChI is InChI=1S/C32H21FN2O4S/c33-22-9-4-7-20(16-22)29-25-13-11-18-5-1-2-10-24(18)28(25)34-32-35(29)30(36)27(40-32)17-23-12-14-26(39-23)19-6-3-8-21(15-19)31(37)38/h1-10,12,14-17,29H,11,13H2,(H,37,38)/b27-17-/t29-/m1/s1. The number of benzene rings is 3. The summed E-state index contributed by atoms with van der Waals surface area (Å²) in [5.41, 5.74) is 5.36. The first-order chi connectivity index (χ1) is 19.5. The first kappa shape index (κ1) is 24.2. The van der Waals surface area contributed by atoms with Gasteiger partial charge in [-0.25, -0.2) is 14.2 Å². The minimum Gasteiger partial charge on any atom is -0.478 e. The number of furan rings is 1. The van der Waals surface area contributed by atoms with E-state index >= 15 is 0 Å². The number of aromatic nitrogens is 1. The van der Waals surface area contributed by atoms with Crippen LogP contribution in [-0.4, -0.2) is 15.6 Å². The van der Waals surface area contributed by atoms with Gasteiger partial charge in [0.25, 0.3) is 5.56 Å². The molecule has 0 bridgehead atoms. The quantitative estimate of drug-likeness (QED) is 0.325. The molecule has 0 saturated heterocycles. The number of rotatable bonds is 4. The van der Waals surface area contributed by atoms with Crippen molar-refractivity contribution in [3.63, 3.8) is 0 Å². The molecule has 1 N–H and O–H groups in total. The van der Waals surface area contributed by atoms with E-state index in [1.165, 1.54) is 35.1 Å². The van der Waals surface area contributed by atoms with Crippen LogP contribution in [0.1, 0.15) is 45.3 Å². The summed E-state index contributed by atoms with van der Waals surface area (Å²) in [6.45, 7) is 0. The molecule has 5 aromatic rings. The van der Waals surface area contributed by atoms with Gasteiger partial charge in [-0.1, -0.05) is 59.9 Å². The molecule has 1 aliphatic heterocycles. The number of nitrogens with zero attached hydrogens (tertiary/aromatic N) is 2. The first-order valence-corrected chi connectivity index (χ1v) is 13.6. The molecule has 1 aliphatic carbocycles. The van der Waals surface area contributed by atoms with Crippen LogP contribution in [0.25, 0.3) is 23.1 Å². The summed E-state index contributed by atoms with van der Waals surface area (Å²) in [6.07, 6.45) is 3.21. The van der Waals surface area contributed by atoms with Crippen molar-refractivity contribution in [2.24, 2.45) is 4.99 Å². The summed E-state index contributed by atoms with van der Waals surface area (Å²) < 4.78 is 22.5. The van der Waals surface area contributed by atoms with Gasteiger partial charge in [0.05, 0.1) is 21.8 Å². The Labute approximate surface area is 231 Å². The molecular formula is C32H21FN2O4S. The summed E-state index contributed by atoms with van der Waals surface area (Å²) in [4.78, 5) is 30.7. The molecule has 0 amide bonds. The second-order valence-corrected chi connectivity index (χ2v) is 10.8. The average Bonchev–Trinajstić information content (AvgIpc) is 3.56. The average molecular weight is 549 g/mol. The molecule has 0 saturated carbocycles. The van der Waals surface area contributed by atoms with E-state index in [1.807, 2.05) is 24.3 Å². The van der Waals surface area contributed by atoms with Crippen LogP contribution in [0.2, 0.25) is 0 Å². The van der Waals surface area contributed by atoms with E-state index in [2.05, 4.69) is 6.07 Å². The summed E-state index contributed by atoms with van der Waals surface area (Å²) in [5.74, 6) is -0.429.